The van der Waals surface area contributed by atoms with E-state index in [9.17, 15) is 4.39 Å². The van der Waals surface area contributed by atoms with Crippen LogP contribution in [0.2, 0.25) is 0 Å². The van der Waals surface area contributed by atoms with Crippen LogP contribution in [0.3, 0.4) is 0 Å². The first-order chi connectivity index (χ1) is 8.22. The Balaban J connectivity index is 2.15. The van der Waals surface area contributed by atoms with Gasteiger partial charge in [-0.15, -0.1) is 0 Å². The molecule has 0 heterocycles. The van der Waals surface area contributed by atoms with Gasteiger partial charge in [0, 0.05) is 13.6 Å². The lowest BCUT2D eigenvalue weighted by Crippen LogP contribution is -2.30. The van der Waals surface area contributed by atoms with Crippen molar-refractivity contribution < 1.29 is 4.39 Å². The van der Waals surface area contributed by atoms with E-state index in [-0.39, 0.29) is 5.82 Å². The van der Waals surface area contributed by atoms with Gasteiger partial charge >= 0.3 is 0 Å². The maximum absolute atomic E-state index is 13.9. The predicted molar refractivity (Wildman–Crippen MR) is 69.8 cm³/mol. The Morgan fingerprint density at radius 3 is 2.76 bits per heavy atom. The van der Waals surface area contributed by atoms with Crippen molar-refractivity contribution in [2.24, 2.45) is 11.7 Å². The quantitative estimate of drug-likeness (QED) is 0.851. The van der Waals surface area contributed by atoms with Crippen molar-refractivity contribution in [2.45, 2.75) is 25.7 Å². The van der Waals surface area contributed by atoms with Crippen LogP contribution < -0.4 is 10.6 Å². The predicted octanol–water partition coefficient (Wildman–Crippen LogP) is 2.56. The average molecular weight is 236 g/mol. The Labute approximate surface area is 103 Å². The van der Waals surface area contributed by atoms with Crippen LogP contribution in [0.4, 0.5) is 10.1 Å². The summed E-state index contributed by atoms with van der Waals surface area (Å²) in [5, 5.41) is 0. The molecule has 0 atom stereocenters. The van der Waals surface area contributed by atoms with E-state index < -0.39 is 0 Å². The summed E-state index contributed by atoms with van der Waals surface area (Å²) in [6, 6.07) is 5.27. The van der Waals surface area contributed by atoms with Crippen molar-refractivity contribution in [2.75, 3.05) is 25.0 Å². The van der Waals surface area contributed by atoms with E-state index in [0.717, 1.165) is 30.1 Å². The molecule has 0 amide bonds. The molecule has 1 fully saturated rings. The van der Waals surface area contributed by atoms with Crippen LogP contribution in [0.25, 0.3) is 0 Å². The highest BCUT2D eigenvalue weighted by molar-refractivity contribution is 5.54. The standard InChI is InChI=1S/C14H21FN2/c1-17(10-11-4-2-5-11)14-12(8-9-16)6-3-7-13(14)15/h3,6-7,11H,2,4-5,8-10,16H2,1H3. The molecule has 0 unspecified atom stereocenters. The molecule has 1 aliphatic rings. The number of hydrogen-bond donors (Lipinski definition) is 1. The third-order valence-corrected chi connectivity index (χ3v) is 3.62. The monoisotopic (exact) mass is 236 g/mol. The van der Waals surface area contributed by atoms with Crippen LogP contribution in [-0.2, 0) is 6.42 Å². The van der Waals surface area contributed by atoms with E-state index in [0.29, 0.717) is 6.54 Å². The first kappa shape index (κ1) is 12.4. The van der Waals surface area contributed by atoms with Gasteiger partial charge in [0.2, 0.25) is 0 Å². The second-order valence-electron chi connectivity index (χ2n) is 4.96. The van der Waals surface area contributed by atoms with Crippen LogP contribution in [0.15, 0.2) is 18.2 Å². The number of anilines is 1. The Morgan fingerprint density at radius 2 is 2.18 bits per heavy atom. The Bertz CT molecular complexity index is 374. The number of benzene rings is 1. The van der Waals surface area contributed by atoms with Gasteiger partial charge in [-0.1, -0.05) is 18.6 Å². The first-order valence-electron chi connectivity index (χ1n) is 6.41. The summed E-state index contributed by atoms with van der Waals surface area (Å²) in [6.07, 6.45) is 4.63. The number of nitrogens with two attached hydrogens (primary N) is 1. The molecule has 17 heavy (non-hydrogen) atoms. The summed E-state index contributed by atoms with van der Waals surface area (Å²) in [4.78, 5) is 2.06. The zero-order chi connectivity index (χ0) is 12.3. The molecule has 1 aliphatic carbocycles. The molecule has 0 radical (unpaired) electrons. The van der Waals surface area contributed by atoms with Crippen molar-refractivity contribution in [3.05, 3.63) is 29.6 Å². The van der Waals surface area contributed by atoms with Gasteiger partial charge in [0.1, 0.15) is 5.82 Å². The van der Waals surface area contributed by atoms with Crippen molar-refractivity contribution in [1.82, 2.24) is 0 Å². The number of para-hydroxylation sites is 1. The molecule has 0 spiro atoms. The van der Waals surface area contributed by atoms with Gasteiger partial charge < -0.3 is 10.6 Å². The third kappa shape index (κ3) is 2.78. The van der Waals surface area contributed by atoms with E-state index in [1.54, 1.807) is 6.07 Å². The Morgan fingerprint density at radius 1 is 1.41 bits per heavy atom. The van der Waals surface area contributed by atoms with Crippen LogP contribution in [0, 0.1) is 11.7 Å². The lowest BCUT2D eigenvalue weighted by atomic mass is 9.85. The van der Waals surface area contributed by atoms with Crippen molar-refractivity contribution in [1.29, 1.82) is 0 Å². The van der Waals surface area contributed by atoms with E-state index in [2.05, 4.69) is 4.90 Å². The van der Waals surface area contributed by atoms with Gasteiger partial charge in [0.15, 0.2) is 0 Å². The molecule has 0 bridgehead atoms. The molecular weight excluding hydrogens is 215 g/mol. The molecule has 94 valence electrons. The number of halogens is 1. The first-order valence-corrected chi connectivity index (χ1v) is 6.41. The lowest BCUT2D eigenvalue weighted by Gasteiger charge is -2.32. The number of nitrogens with zero attached hydrogens (tertiary/aromatic N) is 1. The fraction of sp³-hybridized carbons (Fsp3) is 0.571. The second kappa shape index (κ2) is 5.50. The van der Waals surface area contributed by atoms with E-state index in [1.807, 2.05) is 13.1 Å². The molecule has 3 heteroatoms. The summed E-state index contributed by atoms with van der Waals surface area (Å²) < 4.78 is 13.9. The molecule has 2 rings (SSSR count). The van der Waals surface area contributed by atoms with Crippen molar-refractivity contribution in [3.8, 4) is 0 Å². The maximum atomic E-state index is 13.9. The van der Waals surface area contributed by atoms with Crippen LogP contribution in [0.5, 0.6) is 0 Å². The molecule has 0 aromatic heterocycles. The Hall–Kier alpha value is -1.09. The second-order valence-corrected chi connectivity index (χ2v) is 4.96. The van der Waals surface area contributed by atoms with Crippen LogP contribution in [-0.4, -0.2) is 20.1 Å². The smallest absolute Gasteiger partial charge is 0.146 e. The summed E-state index contributed by atoms with van der Waals surface area (Å²) >= 11 is 0. The molecule has 0 saturated heterocycles. The zero-order valence-electron chi connectivity index (χ0n) is 10.5. The molecule has 2 nitrogen and oxygen atoms in total. The summed E-state index contributed by atoms with van der Waals surface area (Å²) in [6.45, 7) is 1.52. The molecule has 0 aliphatic heterocycles. The fourth-order valence-electron chi connectivity index (χ4n) is 2.50. The SMILES string of the molecule is CN(CC1CCC1)c1c(F)cccc1CCN. The molecule has 2 N–H and O–H groups in total. The maximum Gasteiger partial charge on any atom is 0.146 e. The van der Waals surface area contributed by atoms with Gasteiger partial charge in [0.25, 0.3) is 0 Å². The lowest BCUT2D eigenvalue weighted by molar-refractivity contribution is 0.320. The van der Waals surface area contributed by atoms with Crippen molar-refractivity contribution >= 4 is 5.69 Å². The molecular formula is C14H21FN2. The topological polar surface area (TPSA) is 29.3 Å². The van der Waals surface area contributed by atoms with Gasteiger partial charge in [-0.2, -0.15) is 0 Å². The third-order valence-electron chi connectivity index (χ3n) is 3.62. The van der Waals surface area contributed by atoms with Gasteiger partial charge in [-0.3, -0.25) is 0 Å². The number of rotatable bonds is 5. The van der Waals surface area contributed by atoms with E-state index in [1.165, 1.54) is 25.3 Å². The minimum atomic E-state index is -0.127. The minimum Gasteiger partial charge on any atom is -0.372 e. The van der Waals surface area contributed by atoms with E-state index >= 15 is 0 Å². The van der Waals surface area contributed by atoms with Crippen LogP contribution >= 0.6 is 0 Å². The average Bonchev–Trinajstić information content (AvgIpc) is 2.24. The highest BCUT2D eigenvalue weighted by Gasteiger charge is 2.21. The fourth-order valence-corrected chi connectivity index (χ4v) is 2.50. The van der Waals surface area contributed by atoms with Gasteiger partial charge in [-0.05, 0) is 43.4 Å². The van der Waals surface area contributed by atoms with E-state index in [4.69, 9.17) is 5.73 Å². The molecule has 1 aromatic rings. The van der Waals surface area contributed by atoms with Gasteiger partial charge in [-0.25, -0.2) is 4.39 Å². The summed E-state index contributed by atoms with van der Waals surface area (Å²) in [7, 11) is 1.98. The minimum absolute atomic E-state index is 0.127. The van der Waals surface area contributed by atoms with Crippen molar-refractivity contribution in [3.63, 3.8) is 0 Å². The zero-order valence-corrected chi connectivity index (χ0v) is 10.5. The van der Waals surface area contributed by atoms with Gasteiger partial charge in [0.05, 0.1) is 5.69 Å². The highest BCUT2D eigenvalue weighted by Crippen LogP contribution is 2.30. The van der Waals surface area contributed by atoms with Crippen LogP contribution in [0.1, 0.15) is 24.8 Å². The Kier molecular flexibility index (Phi) is 4.00. The normalized spacial score (nSPS) is 15.7. The summed E-state index contributed by atoms with van der Waals surface area (Å²) in [5.41, 5.74) is 7.34. The highest BCUT2D eigenvalue weighted by atomic mass is 19.1. The number of hydrogen-bond acceptors (Lipinski definition) is 2. The molecule has 1 saturated carbocycles. The summed E-state index contributed by atoms with van der Waals surface area (Å²) in [5.74, 6) is 0.614. The largest absolute Gasteiger partial charge is 0.372 e. The molecule has 1 aromatic carbocycles.